The van der Waals surface area contributed by atoms with Crippen molar-refractivity contribution in [2.75, 3.05) is 12.4 Å². The number of carbonyl (C=O) groups excluding carboxylic acids is 1. The summed E-state index contributed by atoms with van der Waals surface area (Å²) in [6.07, 6.45) is -0.140. The highest BCUT2D eigenvalue weighted by molar-refractivity contribution is 5.88. The van der Waals surface area contributed by atoms with Gasteiger partial charge in [-0.1, -0.05) is 6.07 Å². The molecule has 4 aromatic rings. The first-order valence-electron chi connectivity index (χ1n) is 10.3. The normalized spacial score (nSPS) is 11.1. The van der Waals surface area contributed by atoms with Crippen LogP contribution in [0, 0.1) is 0 Å². The maximum absolute atomic E-state index is 12.9. The van der Waals surface area contributed by atoms with E-state index < -0.39 is 17.8 Å². The van der Waals surface area contributed by atoms with E-state index in [4.69, 9.17) is 9.47 Å². The summed E-state index contributed by atoms with van der Waals surface area (Å²) in [6.45, 7) is 0.190. The molecule has 4 rings (SSSR count). The smallest absolute Gasteiger partial charge is 0.416 e. The second-order valence-electron chi connectivity index (χ2n) is 7.31. The number of pyridine rings is 1. The van der Waals surface area contributed by atoms with Crippen LogP contribution in [0.15, 0.2) is 79.3 Å². The number of nitrogens with one attached hydrogen (secondary N) is 2. The molecular weight excluding hydrogens is 463 g/mol. The zero-order chi connectivity index (χ0) is 24.8. The average molecular weight is 483 g/mol. The van der Waals surface area contributed by atoms with Gasteiger partial charge in [0.25, 0.3) is 0 Å². The summed E-state index contributed by atoms with van der Waals surface area (Å²) in [7, 11) is 1.58. The predicted molar refractivity (Wildman–Crippen MR) is 122 cm³/mol. The van der Waals surface area contributed by atoms with Crippen molar-refractivity contribution in [3.8, 4) is 23.1 Å². The van der Waals surface area contributed by atoms with Gasteiger partial charge in [-0.05, 0) is 54.1 Å². The summed E-state index contributed by atoms with van der Waals surface area (Å²) in [6, 6.07) is 14.7. The minimum atomic E-state index is -4.46. The number of alkyl halides is 3. The Morgan fingerprint density at radius 2 is 1.83 bits per heavy atom. The first-order valence-corrected chi connectivity index (χ1v) is 10.3. The Balaban J connectivity index is 1.33. The van der Waals surface area contributed by atoms with E-state index in [1.807, 2.05) is 0 Å². The van der Waals surface area contributed by atoms with Gasteiger partial charge in [-0.15, -0.1) is 0 Å². The minimum absolute atomic E-state index is 0.190. The molecule has 35 heavy (non-hydrogen) atoms. The molecule has 0 aliphatic rings. The molecule has 2 heterocycles. The SMILES string of the molecule is COc1ccc(Oc2cc(CNC(=O)Nc3cnn(-c4cccc(C(F)(F)F)c4)c3)ccn2)cc1. The minimum Gasteiger partial charge on any atom is -0.497 e. The molecule has 11 heteroatoms. The van der Waals surface area contributed by atoms with E-state index in [1.165, 1.54) is 29.2 Å². The van der Waals surface area contributed by atoms with Crippen LogP contribution in [0.5, 0.6) is 17.4 Å². The van der Waals surface area contributed by atoms with Crippen LogP contribution in [-0.4, -0.2) is 27.9 Å². The molecule has 0 unspecified atom stereocenters. The summed E-state index contributed by atoms with van der Waals surface area (Å²) in [4.78, 5) is 16.4. The molecule has 0 saturated carbocycles. The van der Waals surface area contributed by atoms with E-state index in [2.05, 4.69) is 20.7 Å². The van der Waals surface area contributed by atoms with Gasteiger partial charge < -0.3 is 20.1 Å². The van der Waals surface area contributed by atoms with E-state index >= 15 is 0 Å². The Morgan fingerprint density at radius 3 is 2.57 bits per heavy atom. The van der Waals surface area contributed by atoms with Crippen molar-refractivity contribution in [3.05, 3.63) is 90.4 Å². The van der Waals surface area contributed by atoms with E-state index in [0.717, 1.165) is 17.7 Å². The standard InChI is InChI=1S/C24H20F3N5O3/c1-34-20-5-7-21(8-6-20)35-22-11-16(9-10-28-22)13-29-23(33)31-18-14-30-32(15-18)19-4-2-3-17(12-19)24(25,26)27/h2-12,14-15H,13H2,1H3,(H2,29,31,33). The molecule has 0 aliphatic heterocycles. The zero-order valence-electron chi connectivity index (χ0n) is 18.4. The van der Waals surface area contributed by atoms with Crippen LogP contribution < -0.4 is 20.1 Å². The van der Waals surface area contributed by atoms with Crippen LogP contribution in [0.3, 0.4) is 0 Å². The number of hydrogen-bond acceptors (Lipinski definition) is 5. The Morgan fingerprint density at radius 1 is 1.06 bits per heavy atom. The molecule has 2 amide bonds. The lowest BCUT2D eigenvalue weighted by molar-refractivity contribution is -0.137. The molecule has 0 bridgehead atoms. The van der Waals surface area contributed by atoms with Crippen LogP contribution >= 0.6 is 0 Å². The number of amides is 2. The van der Waals surface area contributed by atoms with Crippen molar-refractivity contribution in [1.82, 2.24) is 20.1 Å². The summed E-state index contributed by atoms with van der Waals surface area (Å²) >= 11 is 0. The third-order valence-corrected chi connectivity index (χ3v) is 4.81. The first-order chi connectivity index (χ1) is 16.8. The lowest BCUT2D eigenvalue weighted by Gasteiger charge is -2.09. The molecule has 8 nitrogen and oxygen atoms in total. The highest BCUT2D eigenvalue weighted by Gasteiger charge is 2.30. The fourth-order valence-corrected chi connectivity index (χ4v) is 3.09. The fourth-order valence-electron chi connectivity index (χ4n) is 3.09. The second-order valence-corrected chi connectivity index (χ2v) is 7.31. The summed E-state index contributed by atoms with van der Waals surface area (Å²) in [5, 5.41) is 9.31. The number of anilines is 1. The number of urea groups is 1. The largest absolute Gasteiger partial charge is 0.497 e. The van der Waals surface area contributed by atoms with Gasteiger partial charge >= 0.3 is 12.2 Å². The third kappa shape index (κ3) is 6.28. The van der Waals surface area contributed by atoms with Crippen molar-refractivity contribution >= 4 is 11.7 Å². The quantitative estimate of drug-likeness (QED) is 0.367. The Bertz CT molecular complexity index is 1310. The van der Waals surface area contributed by atoms with Gasteiger partial charge in [0.05, 0.1) is 36.4 Å². The zero-order valence-corrected chi connectivity index (χ0v) is 18.4. The Hall–Kier alpha value is -4.54. The van der Waals surface area contributed by atoms with Gasteiger partial charge in [-0.2, -0.15) is 18.3 Å². The van der Waals surface area contributed by atoms with Crippen molar-refractivity contribution in [1.29, 1.82) is 0 Å². The number of methoxy groups -OCH3 is 1. The summed E-state index contributed by atoms with van der Waals surface area (Å²) in [5.74, 6) is 1.64. The maximum atomic E-state index is 12.9. The lowest BCUT2D eigenvalue weighted by Crippen LogP contribution is -2.28. The van der Waals surface area contributed by atoms with E-state index in [1.54, 1.807) is 49.7 Å². The van der Waals surface area contributed by atoms with Gasteiger partial charge in [-0.3, -0.25) is 0 Å². The van der Waals surface area contributed by atoms with Crippen LogP contribution in [0.2, 0.25) is 0 Å². The Kier molecular flexibility index (Phi) is 6.86. The number of hydrogen-bond donors (Lipinski definition) is 2. The fraction of sp³-hybridized carbons (Fsp3) is 0.125. The van der Waals surface area contributed by atoms with Crippen molar-refractivity contribution < 1.29 is 27.4 Å². The molecule has 0 fully saturated rings. The van der Waals surface area contributed by atoms with Gasteiger partial charge in [0.1, 0.15) is 11.5 Å². The molecule has 2 aromatic heterocycles. The van der Waals surface area contributed by atoms with Gasteiger partial charge in [0.15, 0.2) is 0 Å². The topological polar surface area (TPSA) is 90.3 Å². The third-order valence-electron chi connectivity index (χ3n) is 4.81. The number of aromatic nitrogens is 3. The Labute approximate surface area is 198 Å². The van der Waals surface area contributed by atoms with Crippen molar-refractivity contribution in [2.24, 2.45) is 0 Å². The van der Waals surface area contributed by atoms with E-state index in [0.29, 0.717) is 23.1 Å². The van der Waals surface area contributed by atoms with Crippen LogP contribution in [-0.2, 0) is 12.7 Å². The number of rotatable bonds is 7. The number of nitrogens with zero attached hydrogens (tertiary/aromatic N) is 3. The monoisotopic (exact) mass is 483 g/mol. The van der Waals surface area contributed by atoms with Crippen molar-refractivity contribution in [2.45, 2.75) is 12.7 Å². The molecule has 2 N–H and O–H groups in total. The highest BCUT2D eigenvalue weighted by Crippen LogP contribution is 2.30. The van der Waals surface area contributed by atoms with Crippen molar-refractivity contribution in [3.63, 3.8) is 0 Å². The molecule has 180 valence electrons. The average Bonchev–Trinajstić information content (AvgIpc) is 3.31. The molecule has 0 aliphatic carbocycles. The molecular formula is C24H20F3N5O3. The van der Waals surface area contributed by atoms with Crippen LogP contribution in [0.25, 0.3) is 5.69 Å². The molecule has 2 aromatic carbocycles. The molecule has 0 radical (unpaired) electrons. The number of ether oxygens (including phenoxy) is 2. The van der Waals surface area contributed by atoms with E-state index in [9.17, 15) is 18.0 Å². The number of carbonyl (C=O) groups is 1. The lowest BCUT2D eigenvalue weighted by atomic mass is 10.2. The summed E-state index contributed by atoms with van der Waals surface area (Å²) in [5.41, 5.74) is 0.497. The number of benzene rings is 2. The highest BCUT2D eigenvalue weighted by atomic mass is 19.4. The maximum Gasteiger partial charge on any atom is 0.416 e. The first kappa shape index (κ1) is 23.6. The number of halogens is 3. The van der Waals surface area contributed by atoms with Gasteiger partial charge in [0, 0.05) is 18.8 Å². The summed E-state index contributed by atoms with van der Waals surface area (Å²) < 4.78 is 50.9. The second kappa shape index (κ2) is 10.2. The predicted octanol–water partition coefficient (Wildman–Crippen LogP) is 5.41. The van der Waals surface area contributed by atoms with E-state index in [-0.39, 0.29) is 12.2 Å². The van der Waals surface area contributed by atoms with Crippen LogP contribution in [0.4, 0.5) is 23.7 Å². The van der Waals surface area contributed by atoms with Gasteiger partial charge in [-0.25, -0.2) is 14.5 Å². The van der Waals surface area contributed by atoms with Gasteiger partial charge in [0.2, 0.25) is 5.88 Å². The molecule has 0 atom stereocenters. The molecule has 0 spiro atoms. The molecule has 0 saturated heterocycles. The van der Waals surface area contributed by atoms with Crippen LogP contribution in [0.1, 0.15) is 11.1 Å².